The molecule has 4 heteroatoms. The number of benzene rings is 1. The van der Waals surface area contributed by atoms with Crippen molar-refractivity contribution in [1.29, 1.82) is 0 Å². The summed E-state index contributed by atoms with van der Waals surface area (Å²) in [5.41, 5.74) is 8.14. The summed E-state index contributed by atoms with van der Waals surface area (Å²) in [6, 6.07) is 7.61. The van der Waals surface area contributed by atoms with Gasteiger partial charge in [0.1, 0.15) is 0 Å². The molecule has 2 N–H and O–H groups in total. The monoisotopic (exact) mass is 293 g/mol. The molecule has 3 nitrogen and oxygen atoms in total. The van der Waals surface area contributed by atoms with Crippen LogP contribution in [0, 0.1) is 0 Å². The van der Waals surface area contributed by atoms with Gasteiger partial charge in [-0.3, -0.25) is 0 Å². The first kappa shape index (κ1) is 16.3. The van der Waals surface area contributed by atoms with Crippen LogP contribution in [0.15, 0.2) is 47.7 Å². The third-order valence-corrected chi connectivity index (χ3v) is 3.24. The third kappa shape index (κ3) is 5.10. The fourth-order valence-electron chi connectivity index (χ4n) is 1.83. The van der Waals surface area contributed by atoms with Gasteiger partial charge in [-0.15, -0.1) is 0 Å². The molecule has 0 unspecified atom stereocenters. The van der Waals surface area contributed by atoms with Crippen LogP contribution in [0.3, 0.4) is 0 Å². The Morgan fingerprint density at radius 1 is 1.45 bits per heavy atom. The van der Waals surface area contributed by atoms with E-state index in [-0.39, 0.29) is 5.97 Å². The molecule has 0 fully saturated rings. The SMILES string of the molecule is CCC(=C/N)/C=C(\CCc1cccc(Cl)c1)C(=O)OC. The number of aryl methyl sites for hydroxylation is 1. The van der Waals surface area contributed by atoms with E-state index >= 15 is 0 Å². The maximum atomic E-state index is 11.8. The van der Waals surface area contributed by atoms with Crippen LogP contribution in [0.2, 0.25) is 5.02 Å². The molecule has 108 valence electrons. The fraction of sp³-hybridized carbons (Fsp3) is 0.312. The fourth-order valence-corrected chi connectivity index (χ4v) is 2.04. The highest BCUT2D eigenvalue weighted by molar-refractivity contribution is 6.30. The van der Waals surface area contributed by atoms with Gasteiger partial charge in [0.15, 0.2) is 0 Å². The molecule has 20 heavy (non-hydrogen) atoms. The number of allylic oxidation sites excluding steroid dienone is 2. The van der Waals surface area contributed by atoms with E-state index in [1.54, 1.807) is 6.08 Å². The van der Waals surface area contributed by atoms with E-state index < -0.39 is 0 Å². The molecule has 0 spiro atoms. The highest BCUT2D eigenvalue weighted by Gasteiger charge is 2.10. The molecule has 0 saturated heterocycles. The van der Waals surface area contributed by atoms with E-state index in [9.17, 15) is 4.79 Å². The van der Waals surface area contributed by atoms with Crippen molar-refractivity contribution in [3.63, 3.8) is 0 Å². The lowest BCUT2D eigenvalue weighted by Gasteiger charge is -2.07. The molecule has 1 aromatic carbocycles. The molecule has 1 rings (SSSR count). The van der Waals surface area contributed by atoms with Crippen molar-refractivity contribution < 1.29 is 9.53 Å². The van der Waals surface area contributed by atoms with Gasteiger partial charge in [0.2, 0.25) is 0 Å². The zero-order chi connectivity index (χ0) is 15.0. The summed E-state index contributed by atoms with van der Waals surface area (Å²) in [6.07, 6.45) is 5.40. The maximum absolute atomic E-state index is 11.8. The molecule has 0 aliphatic rings. The number of ether oxygens (including phenoxy) is 1. The topological polar surface area (TPSA) is 52.3 Å². The number of carbonyl (C=O) groups is 1. The van der Waals surface area contributed by atoms with Crippen molar-refractivity contribution in [1.82, 2.24) is 0 Å². The molecule has 0 heterocycles. The predicted octanol–water partition coefficient (Wildman–Crippen LogP) is 3.62. The third-order valence-electron chi connectivity index (χ3n) is 3.00. The summed E-state index contributed by atoms with van der Waals surface area (Å²) in [4.78, 5) is 11.8. The van der Waals surface area contributed by atoms with Gasteiger partial charge < -0.3 is 10.5 Å². The summed E-state index contributed by atoms with van der Waals surface area (Å²) in [5.74, 6) is -0.320. The summed E-state index contributed by atoms with van der Waals surface area (Å²) in [5, 5.41) is 0.696. The normalized spacial score (nSPS) is 12.3. The average Bonchev–Trinajstić information content (AvgIpc) is 2.47. The van der Waals surface area contributed by atoms with Gasteiger partial charge in [0.05, 0.1) is 7.11 Å². The Hall–Kier alpha value is -1.74. The minimum atomic E-state index is -0.320. The smallest absolute Gasteiger partial charge is 0.333 e. The van der Waals surface area contributed by atoms with Crippen LogP contribution >= 0.6 is 11.6 Å². The van der Waals surface area contributed by atoms with Crippen LogP contribution < -0.4 is 5.73 Å². The highest BCUT2D eigenvalue weighted by atomic mass is 35.5. The van der Waals surface area contributed by atoms with E-state index in [2.05, 4.69) is 0 Å². The largest absolute Gasteiger partial charge is 0.466 e. The van der Waals surface area contributed by atoms with E-state index in [1.165, 1.54) is 13.3 Å². The van der Waals surface area contributed by atoms with Gasteiger partial charge in [0, 0.05) is 10.6 Å². The minimum Gasteiger partial charge on any atom is -0.466 e. The zero-order valence-corrected chi connectivity index (χ0v) is 12.6. The highest BCUT2D eigenvalue weighted by Crippen LogP contribution is 2.17. The second kappa shape index (κ2) is 8.43. The van der Waals surface area contributed by atoms with Gasteiger partial charge in [0.25, 0.3) is 0 Å². The number of carbonyl (C=O) groups excluding carboxylic acids is 1. The van der Waals surface area contributed by atoms with Crippen LogP contribution in [-0.2, 0) is 16.0 Å². The van der Waals surface area contributed by atoms with Gasteiger partial charge >= 0.3 is 5.97 Å². The molecule has 0 saturated carbocycles. The van der Waals surface area contributed by atoms with Crippen LogP contribution in [0.1, 0.15) is 25.3 Å². The number of rotatable bonds is 6. The summed E-state index contributed by atoms with van der Waals surface area (Å²) < 4.78 is 4.81. The van der Waals surface area contributed by atoms with Crippen LogP contribution in [0.4, 0.5) is 0 Å². The van der Waals surface area contributed by atoms with E-state index in [0.29, 0.717) is 17.0 Å². The first-order valence-corrected chi connectivity index (χ1v) is 6.92. The van der Waals surface area contributed by atoms with E-state index in [1.807, 2.05) is 31.2 Å². The van der Waals surface area contributed by atoms with E-state index in [0.717, 1.165) is 24.0 Å². The quantitative estimate of drug-likeness (QED) is 0.495. The number of nitrogens with two attached hydrogens (primary N) is 1. The lowest BCUT2D eigenvalue weighted by Crippen LogP contribution is -2.07. The molecule has 0 radical (unpaired) electrons. The standard InChI is InChI=1S/C16H20ClNO2/c1-3-12(11-18)9-14(16(19)20-2)8-7-13-5-4-6-15(17)10-13/h4-6,9-11H,3,7-8,18H2,1-2H3/b12-11-,14-9+. The Morgan fingerprint density at radius 3 is 2.75 bits per heavy atom. The van der Waals surface area contributed by atoms with Gasteiger partial charge in [-0.2, -0.15) is 0 Å². The second-order valence-corrected chi connectivity index (χ2v) is 4.82. The van der Waals surface area contributed by atoms with E-state index in [4.69, 9.17) is 22.1 Å². The van der Waals surface area contributed by atoms with Gasteiger partial charge in [-0.05, 0) is 54.8 Å². The molecule has 0 aliphatic carbocycles. The summed E-state index contributed by atoms with van der Waals surface area (Å²) in [7, 11) is 1.38. The zero-order valence-electron chi connectivity index (χ0n) is 11.9. The molecule has 0 aliphatic heterocycles. The van der Waals surface area contributed by atoms with Crippen molar-refractivity contribution >= 4 is 17.6 Å². The number of methoxy groups -OCH3 is 1. The number of esters is 1. The van der Waals surface area contributed by atoms with Crippen molar-refractivity contribution in [2.24, 2.45) is 5.73 Å². The summed E-state index contributed by atoms with van der Waals surface area (Å²) >= 11 is 5.95. The van der Waals surface area contributed by atoms with Crippen molar-refractivity contribution in [3.8, 4) is 0 Å². The maximum Gasteiger partial charge on any atom is 0.333 e. The predicted molar refractivity (Wildman–Crippen MR) is 82.4 cm³/mol. The van der Waals surface area contributed by atoms with Crippen molar-refractivity contribution in [3.05, 3.63) is 58.3 Å². The van der Waals surface area contributed by atoms with Gasteiger partial charge in [-0.25, -0.2) is 4.79 Å². The molecule has 0 amide bonds. The van der Waals surface area contributed by atoms with Crippen molar-refractivity contribution in [2.45, 2.75) is 26.2 Å². The molecule has 1 aromatic rings. The average molecular weight is 294 g/mol. The molecule has 0 aromatic heterocycles. The lowest BCUT2D eigenvalue weighted by atomic mass is 10.0. The first-order chi connectivity index (χ1) is 9.60. The second-order valence-electron chi connectivity index (χ2n) is 4.39. The Morgan fingerprint density at radius 2 is 2.20 bits per heavy atom. The van der Waals surface area contributed by atoms with Crippen LogP contribution in [-0.4, -0.2) is 13.1 Å². The Bertz CT molecular complexity index is 521. The summed E-state index contributed by atoms with van der Waals surface area (Å²) in [6.45, 7) is 1.99. The number of hydrogen-bond donors (Lipinski definition) is 1. The molecular weight excluding hydrogens is 274 g/mol. The Labute approximate surface area is 125 Å². The molecule has 0 atom stereocenters. The van der Waals surface area contributed by atoms with Crippen LogP contribution in [0.5, 0.6) is 0 Å². The molecule has 0 bridgehead atoms. The number of halogens is 1. The Kier molecular flexibility index (Phi) is 6.88. The number of hydrogen-bond acceptors (Lipinski definition) is 3. The Balaban J connectivity index is 2.83. The van der Waals surface area contributed by atoms with Gasteiger partial charge in [-0.1, -0.05) is 30.7 Å². The van der Waals surface area contributed by atoms with Crippen LogP contribution in [0.25, 0.3) is 0 Å². The molecular formula is C16H20ClNO2. The minimum absolute atomic E-state index is 0.320. The van der Waals surface area contributed by atoms with Crippen molar-refractivity contribution in [2.75, 3.05) is 7.11 Å². The first-order valence-electron chi connectivity index (χ1n) is 6.54. The lowest BCUT2D eigenvalue weighted by molar-refractivity contribution is -0.136.